The van der Waals surface area contributed by atoms with Gasteiger partial charge in [-0.25, -0.2) is 4.98 Å². The van der Waals surface area contributed by atoms with E-state index in [4.69, 9.17) is 0 Å². The predicted octanol–water partition coefficient (Wildman–Crippen LogP) is 3.11. The molecule has 0 radical (unpaired) electrons. The van der Waals surface area contributed by atoms with Gasteiger partial charge in [0.05, 0.1) is 6.54 Å². The molecule has 1 aromatic heterocycles. The van der Waals surface area contributed by atoms with E-state index >= 15 is 0 Å². The van der Waals surface area contributed by atoms with Crippen LogP contribution in [0, 0.1) is 6.92 Å². The molecule has 3 rings (SSSR count). The summed E-state index contributed by atoms with van der Waals surface area (Å²) in [6.07, 6.45) is 3.84. The van der Waals surface area contributed by atoms with Crippen molar-refractivity contribution in [3.8, 4) is 0 Å². The first-order valence-corrected chi connectivity index (χ1v) is 8.79. The van der Waals surface area contributed by atoms with Crippen molar-refractivity contribution in [2.24, 2.45) is 4.99 Å². The van der Waals surface area contributed by atoms with Gasteiger partial charge in [0.25, 0.3) is 0 Å². The van der Waals surface area contributed by atoms with Gasteiger partial charge in [-0.05, 0) is 23.6 Å². The summed E-state index contributed by atoms with van der Waals surface area (Å²) in [5, 5.41) is 6.70. The van der Waals surface area contributed by atoms with E-state index in [1.54, 1.807) is 7.05 Å². The fourth-order valence-electron chi connectivity index (χ4n) is 2.80. The molecule has 0 spiro atoms. The number of hydrogen-bond acceptors (Lipinski definition) is 2. The third kappa shape index (κ3) is 4.72. The largest absolute Gasteiger partial charge is 0.352 e. The van der Waals surface area contributed by atoms with E-state index in [9.17, 15) is 0 Å². The Morgan fingerprint density at radius 2 is 1.73 bits per heavy atom. The summed E-state index contributed by atoms with van der Waals surface area (Å²) in [7, 11) is 1.78. The summed E-state index contributed by atoms with van der Waals surface area (Å²) < 4.78 is 2.15. The van der Waals surface area contributed by atoms with Gasteiger partial charge in [-0.3, -0.25) is 4.99 Å². The van der Waals surface area contributed by atoms with Gasteiger partial charge >= 0.3 is 0 Å². The molecule has 134 valence electrons. The Morgan fingerprint density at radius 1 is 1.00 bits per heavy atom. The lowest BCUT2D eigenvalue weighted by Gasteiger charge is -2.14. The van der Waals surface area contributed by atoms with Crippen molar-refractivity contribution in [2.75, 3.05) is 7.05 Å². The number of aryl methyl sites for hydroxylation is 1. The lowest BCUT2D eigenvalue weighted by molar-refractivity contribution is 0.687. The molecule has 0 aliphatic carbocycles. The van der Waals surface area contributed by atoms with Crippen LogP contribution in [0.5, 0.6) is 0 Å². The first-order chi connectivity index (χ1) is 12.8. The second kappa shape index (κ2) is 8.85. The number of aliphatic imine (C=N–C) groups is 1. The molecule has 0 atom stereocenters. The molecule has 0 unspecified atom stereocenters. The van der Waals surface area contributed by atoms with Crippen LogP contribution in [0.2, 0.25) is 0 Å². The zero-order valence-electron chi connectivity index (χ0n) is 15.3. The summed E-state index contributed by atoms with van der Waals surface area (Å²) in [6, 6.07) is 18.8. The monoisotopic (exact) mass is 347 g/mol. The highest BCUT2D eigenvalue weighted by Crippen LogP contribution is 2.07. The maximum Gasteiger partial charge on any atom is 0.191 e. The first kappa shape index (κ1) is 17.7. The maximum atomic E-state index is 4.47. The molecule has 26 heavy (non-hydrogen) atoms. The number of guanidine groups is 1. The summed E-state index contributed by atoms with van der Waals surface area (Å²) in [6.45, 7) is 4.29. The Hall–Kier alpha value is -3.08. The van der Waals surface area contributed by atoms with E-state index in [-0.39, 0.29) is 0 Å². The van der Waals surface area contributed by atoms with Gasteiger partial charge in [-0.15, -0.1) is 0 Å². The van der Waals surface area contributed by atoms with Gasteiger partial charge in [0.15, 0.2) is 5.96 Å². The molecule has 2 aromatic carbocycles. The van der Waals surface area contributed by atoms with E-state index < -0.39 is 0 Å². The lowest BCUT2D eigenvalue weighted by Crippen LogP contribution is -2.37. The number of aromatic nitrogens is 2. The van der Waals surface area contributed by atoms with Gasteiger partial charge in [0.2, 0.25) is 0 Å². The smallest absolute Gasteiger partial charge is 0.191 e. The van der Waals surface area contributed by atoms with Gasteiger partial charge in [-0.2, -0.15) is 0 Å². The molecule has 0 saturated carbocycles. The Bertz CT molecular complexity index is 852. The zero-order chi connectivity index (χ0) is 18.2. The fraction of sp³-hybridized carbons (Fsp3) is 0.238. The van der Waals surface area contributed by atoms with Crippen LogP contribution in [-0.2, 0) is 19.6 Å². The molecule has 5 nitrogen and oxygen atoms in total. The molecule has 0 aliphatic rings. The molecule has 3 aromatic rings. The van der Waals surface area contributed by atoms with Crippen molar-refractivity contribution >= 4 is 5.96 Å². The topological polar surface area (TPSA) is 54.2 Å². The van der Waals surface area contributed by atoms with E-state index in [1.165, 1.54) is 16.7 Å². The summed E-state index contributed by atoms with van der Waals surface area (Å²) in [5.41, 5.74) is 3.80. The second-order valence-corrected chi connectivity index (χ2v) is 6.16. The van der Waals surface area contributed by atoms with E-state index in [2.05, 4.69) is 80.6 Å². The molecule has 0 saturated heterocycles. The minimum Gasteiger partial charge on any atom is -0.352 e. The highest BCUT2D eigenvalue weighted by atomic mass is 15.2. The van der Waals surface area contributed by atoms with Crippen molar-refractivity contribution in [3.05, 3.63) is 89.5 Å². The summed E-state index contributed by atoms with van der Waals surface area (Å²) in [4.78, 5) is 8.77. The highest BCUT2D eigenvalue weighted by molar-refractivity contribution is 5.79. The van der Waals surface area contributed by atoms with Gasteiger partial charge < -0.3 is 15.2 Å². The molecule has 1 heterocycles. The Kier molecular flexibility index (Phi) is 6.04. The normalized spacial score (nSPS) is 11.4. The van der Waals surface area contributed by atoms with Gasteiger partial charge in [-0.1, -0.05) is 54.6 Å². The van der Waals surface area contributed by atoms with Crippen LogP contribution in [0.3, 0.4) is 0 Å². The van der Waals surface area contributed by atoms with E-state index in [0.717, 1.165) is 24.9 Å². The van der Waals surface area contributed by atoms with E-state index in [0.29, 0.717) is 6.54 Å². The van der Waals surface area contributed by atoms with Crippen LogP contribution in [0.4, 0.5) is 0 Å². The Morgan fingerprint density at radius 3 is 2.50 bits per heavy atom. The predicted molar refractivity (Wildman–Crippen MR) is 106 cm³/mol. The number of rotatable bonds is 6. The number of hydrogen-bond donors (Lipinski definition) is 2. The highest BCUT2D eigenvalue weighted by Gasteiger charge is 2.06. The maximum absolute atomic E-state index is 4.47. The second-order valence-electron chi connectivity index (χ2n) is 6.16. The van der Waals surface area contributed by atoms with Crippen LogP contribution in [0.15, 0.2) is 72.0 Å². The summed E-state index contributed by atoms with van der Waals surface area (Å²) in [5.74, 6) is 1.75. The van der Waals surface area contributed by atoms with Crippen LogP contribution >= 0.6 is 0 Å². The number of benzene rings is 2. The molecular formula is C21H25N5. The SMILES string of the molecule is CN=C(NCc1ccccc1C)NCc1nccn1Cc1ccccc1. The number of nitrogens with zero attached hydrogens (tertiary/aromatic N) is 3. The summed E-state index contributed by atoms with van der Waals surface area (Å²) >= 11 is 0. The van der Waals surface area contributed by atoms with Crippen LogP contribution in [0.1, 0.15) is 22.5 Å². The molecule has 0 bridgehead atoms. The van der Waals surface area contributed by atoms with Crippen molar-refractivity contribution < 1.29 is 0 Å². The first-order valence-electron chi connectivity index (χ1n) is 8.79. The fourth-order valence-corrected chi connectivity index (χ4v) is 2.80. The third-order valence-electron chi connectivity index (χ3n) is 4.34. The van der Waals surface area contributed by atoms with Crippen LogP contribution < -0.4 is 10.6 Å². The van der Waals surface area contributed by atoms with Crippen molar-refractivity contribution in [1.29, 1.82) is 0 Å². The van der Waals surface area contributed by atoms with Crippen LogP contribution in [0.25, 0.3) is 0 Å². The minimum absolute atomic E-state index is 0.618. The number of imidazole rings is 1. The standard InChI is InChI=1S/C21H25N5/c1-17-8-6-7-11-19(17)14-24-21(22-2)25-15-20-23-12-13-26(20)16-18-9-4-3-5-10-18/h3-13H,14-16H2,1-2H3,(H2,22,24,25). The average molecular weight is 347 g/mol. The van der Waals surface area contributed by atoms with Crippen molar-refractivity contribution in [2.45, 2.75) is 26.6 Å². The quantitative estimate of drug-likeness (QED) is 0.532. The molecule has 0 aliphatic heterocycles. The van der Waals surface area contributed by atoms with E-state index in [1.807, 2.05) is 18.5 Å². The zero-order valence-corrected chi connectivity index (χ0v) is 15.3. The van der Waals surface area contributed by atoms with Gasteiger partial charge in [0, 0.05) is 32.5 Å². The molecule has 0 fully saturated rings. The molecule has 0 amide bonds. The minimum atomic E-state index is 0.618. The average Bonchev–Trinajstić information content (AvgIpc) is 3.11. The van der Waals surface area contributed by atoms with Gasteiger partial charge in [0.1, 0.15) is 5.82 Å². The van der Waals surface area contributed by atoms with Crippen molar-refractivity contribution in [3.63, 3.8) is 0 Å². The molecule has 2 N–H and O–H groups in total. The van der Waals surface area contributed by atoms with Crippen LogP contribution in [-0.4, -0.2) is 22.6 Å². The van der Waals surface area contributed by atoms with Crippen molar-refractivity contribution in [1.82, 2.24) is 20.2 Å². The number of nitrogens with one attached hydrogen (secondary N) is 2. The lowest BCUT2D eigenvalue weighted by atomic mass is 10.1. The third-order valence-corrected chi connectivity index (χ3v) is 4.34. The molecule has 5 heteroatoms. The Labute approximate surface area is 154 Å². The Balaban J connectivity index is 1.56. The molecular weight excluding hydrogens is 322 g/mol.